The highest BCUT2D eigenvalue weighted by Crippen LogP contribution is 2.08. The Morgan fingerprint density at radius 3 is 2.62 bits per heavy atom. The molecule has 4 heteroatoms. The summed E-state index contributed by atoms with van der Waals surface area (Å²) in [6.45, 7) is 0. The van der Waals surface area contributed by atoms with Crippen molar-refractivity contribution in [3.05, 3.63) is 35.9 Å². The Hall–Kier alpha value is -1.55. The first-order valence-corrected chi connectivity index (χ1v) is 3.81. The van der Waals surface area contributed by atoms with Gasteiger partial charge in [0.15, 0.2) is 6.23 Å². The van der Waals surface area contributed by atoms with Crippen LogP contribution in [0.2, 0.25) is 0 Å². The van der Waals surface area contributed by atoms with Crippen molar-refractivity contribution in [3.63, 3.8) is 0 Å². The maximum absolute atomic E-state index is 10.7. The molecule has 0 bridgehead atoms. The molecular weight excluding hydrogens is 170 g/mol. The summed E-state index contributed by atoms with van der Waals surface area (Å²) in [6.07, 6.45) is -1.68. The molecule has 1 amide bonds. The Morgan fingerprint density at radius 2 is 2.08 bits per heavy atom. The van der Waals surface area contributed by atoms with Gasteiger partial charge in [-0.25, -0.2) is 4.79 Å². The predicted molar refractivity (Wildman–Crippen MR) is 46.9 cm³/mol. The Morgan fingerprint density at radius 1 is 1.46 bits per heavy atom. The minimum absolute atomic E-state index is 0.618. The molecule has 0 fully saturated rings. The number of aliphatic hydroxyl groups excluding tert-OH is 1. The van der Waals surface area contributed by atoms with E-state index in [1.165, 1.54) is 7.11 Å². The van der Waals surface area contributed by atoms with Gasteiger partial charge < -0.3 is 9.84 Å². The van der Waals surface area contributed by atoms with Crippen molar-refractivity contribution in [1.82, 2.24) is 5.32 Å². The second kappa shape index (κ2) is 4.47. The van der Waals surface area contributed by atoms with Gasteiger partial charge in [0, 0.05) is 5.56 Å². The molecule has 0 aliphatic carbocycles. The van der Waals surface area contributed by atoms with E-state index in [4.69, 9.17) is 0 Å². The van der Waals surface area contributed by atoms with Gasteiger partial charge in [0.25, 0.3) is 0 Å². The van der Waals surface area contributed by atoms with Crippen LogP contribution in [0.25, 0.3) is 0 Å². The lowest BCUT2D eigenvalue weighted by Gasteiger charge is -2.11. The molecule has 1 aromatic rings. The largest absolute Gasteiger partial charge is 0.453 e. The summed E-state index contributed by atoms with van der Waals surface area (Å²) < 4.78 is 4.33. The zero-order chi connectivity index (χ0) is 9.68. The monoisotopic (exact) mass is 181 g/mol. The summed E-state index contributed by atoms with van der Waals surface area (Å²) in [5.74, 6) is 0. The summed E-state index contributed by atoms with van der Waals surface area (Å²) in [4.78, 5) is 10.7. The lowest BCUT2D eigenvalue weighted by Crippen LogP contribution is -2.27. The van der Waals surface area contributed by atoms with Crippen LogP contribution in [0.4, 0.5) is 4.79 Å². The van der Waals surface area contributed by atoms with Crippen LogP contribution in [0.3, 0.4) is 0 Å². The number of hydrogen-bond donors (Lipinski definition) is 2. The van der Waals surface area contributed by atoms with Gasteiger partial charge in [-0.2, -0.15) is 0 Å². The minimum Gasteiger partial charge on any atom is -0.453 e. The predicted octanol–water partition coefficient (Wildman–Crippen LogP) is 1.03. The zero-order valence-electron chi connectivity index (χ0n) is 7.23. The van der Waals surface area contributed by atoms with Gasteiger partial charge in [-0.05, 0) is 0 Å². The fourth-order valence-electron chi connectivity index (χ4n) is 0.889. The molecule has 0 aliphatic rings. The summed E-state index contributed by atoms with van der Waals surface area (Å²) in [7, 11) is 1.24. The van der Waals surface area contributed by atoms with E-state index in [0.29, 0.717) is 5.56 Å². The van der Waals surface area contributed by atoms with Crippen LogP contribution in [0.15, 0.2) is 30.3 Å². The summed E-state index contributed by atoms with van der Waals surface area (Å²) in [5.41, 5.74) is 0.618. The van der Waals surface area contributed by atoms with Crippen molar-refractivity contribution in [2.45, 2.75) is 6.23 Å². The first-order chi connectivity index (χ1) is 6.24. The van der Waals surface area contributed by atoms with Crippen LogP contribution >= 0.6 is 0 Å². The lowest BCUT2D eigenvalue weighted by molar-refractivity contribution is 0.111. The van der Waals surface area contributed by atoms with Crippen LogP contribution in [-0.2, 0) is 4.74 Å². The molecular formula is C9H11NO3. The van der Waals surface area contributed by atoms with Gasteiger partial charge in [-0.15, -0.1) is 0 Å². The van der Waals surface area contributed by atoms with Crippen LogP contribution in [0.5, 0.6) is 0 Å². The number of ether oxygens (including phenoxy) is 1. The number of benzene rings is 1. The van der Waals surface area contributed by atoms with Crippen LogP contribution in [0.1, 0.15) is 11.8 Å². The molecule has 0 radical (unpaired) electrons. The highest BCUT2D eigenvalue weighted by molar-refractivity contribution is 5.67. The number of carbonyl (C=O) groups excluding carboxylic acids is 1. The number of methoxy groups -OCH3 is 1. The van der Waals surface area contributed by atoms with Crippen molar-refractivity contribution in [1.29, 1.82) is 0 Å². The molecule has 0 aliphatic heterocycles. The number of rotatable bonds is 2. The standard InChI is InChI=1S/C9H11NO3/c1-13-9(12)10-8(11)7-5-3-2-4-6-7/h2-6,8,11H,1H3,(H,10,12). The third-order valence-corrected chi connectivity index (χ3v) is 1.56. The van der Waals surface area contributed by atoms with Crippen LogP contribution in [-0.4, -0.2) is 18.3 Å². The number of alkyl carbamates (subject to hydrolysis) is 1. The lowest BCUT2D eigenvalue weighted by atomic mass is 10.2. The minimum atomic E-state index is -1.02. The fraction of sp³-hybridized carbons (Fsp3) is 0.222. The molecule has 1 rings (SSSR count). The zero-order valence-corrected chi connectivity index (χ0v) is 7.23. The van der Waals surface area contributed by atoms with E-state index in [0.717, 1.165) is 0 Å². The molecule has 0 saturated carbocycles. The van der Waals surface area contributed by atoms with E-state index in [-0.39, 0.29) is 0 Å². The highest BCUT2D eigenvalue weighted by Gasteiger charge is 2.09. The Labute approximate surface area is 76.1 Å². The smallest absolute Gasteiger partial charge is 0.409 e. The van der Waals surface area contributed by atoms with Gasteiger partial charge in [0.05, 0.1) is 7.11 Å². The van der Waals surface area contributed by atoms with Gasteiger partial charge in [0.1, 0.15) is 0 Å². The topological polar surface area (TPSA) is 58.6 Å². The molecule has 1 unspecified atom stereocenters. The van der Waals surface area contributed by atoms with Gasteiger partial charge in [-0.3, -0.25) is 5.32 Å². The van der Waals surface area contributed by atoms with E-state index < -0.39 is 12.3 Å². The second-order valence-electron chi connectivity index (χ2n) is 2.45. The van der Waals surface area contributed by atoms with Crippen molar-refractivity contribution in [3.8, 4) is 0 Å². The number of hydrogen-bond acceptors (Lipinski definition) is 3. The Kier molecular flexibility index (Phi) is 3.28. The molecule has 4 nitrogen and oxygen atoms in total. The second-order valence-corrected chi connectivity index (χ2v) is 2.45. The molecule has 70 valence electrons. The normalized spacial score (nSPS) is 11.8. The summed E-state index contributed by atoms with van der Waals surface area (Å²) in [6, 6.07) is 8.80. The van der Waals surface area contributed by atoms with E-state index in [9.17, 15) is 9.90 Å². The fourth-order valence-corrected chi connectivity index (χ4v) is 0.889. The van der Waals surface area contributed by atoms with Crippen LogP contribution in [0, 0.1) is 0 Å². The third kappa shape index (κ3) is 2.76. The van der Waals surface area contributed by atoms with Crippen molar-refractivity contribution in [2.24, 2.45) is 0 Å². The molecule has 1 atom stereocenters. The molecule has 0 aromatic heterocycles. The van der Waals surface area contributed by atoms with E-state index in [1.54, 1.807) is 24.3 Å². The van der Waals surface area contributed by atoms with E-state index in [1.807, 2.05) is 6.07 Å². The van der Waals surface area contributed by atoms with E-state index in [2.05, 4.69) is 10.1 Å². The summed E-state index contributed by atoms with van der Waals surface area (Å²) >= 11 is 0. The first kappa shape index (κ1) is 9.54. The molecule has 2 N–H and O–H groups in total. The van der Waals surface area contributed by atoms with Gasteiger partial charge in [-0.1, -0.05) is 30.3 Å². The number of amides is 1. The van der Waals surface area contributed by atoms with Crippen molar-refractivity contribution >= 4 is 6.09 Å². The quantitative estimate of drug-likeness (QED) is 0.670. The van der Waals surface area contributed by atoms with Crippen molar-refractivity contribution < 1.29 is 14.6 Å². The Bertz CT molecular complexity index is 273. The number of carbonyl (C=O) groups is 1. The molecule has 0 saturated heterocycles. The van der Waals surface area contributed by atoms with Crippen molar-refractivity contribution in [2.75, 3.05) is 7.11 Å². The van der Waals surface area contributed by atoms with Gasteiger partial charge >= 0.3 is 6.09 Å². The average Bonchev–Trinajstić information content (AvgIpc) is 2.19. The molecule has 0 heterocycles. The maximum atomic E-state index is 10.7. The Balaban J connectivity index is 2.59. The number of aliphatic hydroxyl groups is 1. The number of nitrogens with one attached hydrogen (secondary N) is 1. The first-order valence-electron chi connectivity index (χ1n) is 3.81. The third-order valence-electron chi connectivity index (χ3n) is 1.56. The molecule has 0 spiro atoms. The van der Waals surface area contributed by atoms with E-state index >= 15 is 0 Å². The maximum Gasteiger partial charge on any atom is 0.409 e. The van der Waals surface area contributed by atoms with Gasteiger partial charge in [0.2, 0.25) is 0 Å². The SMILES string of the molecule is COC(=O)NC(O)c1ccccc1. The highest BCUT2D eigenvalue weighted by atomic mass is 16.5. The molecule has 1 aromatic carbocycles. The van der Waals surface area contributed by atoms with Crippen LogP contribution < -0.4 is 5.32 Å². The summed E-state index contributed by atoms with van der Waals surface area (Å²) in [5, 5.41) is 11.7. The molecule has 13 heavy (non-hydrogen) atoms. The average molecular weight is 181 g/mol.